The van der Waals surface area contributed by atoms with Crippen molar-refractivity contribution in [3.8, 4) is 6.07 Å². The molecule has 0 aliphatic heterocycles. The molecule has 5 heteroatoms. The number of nitriles is 1. The van der Waals surface area contributed by atoms with Gasteiger partial charge in [0.25, 0.3) is 0 Å². The van der Waals surface area contributed by atoms with Gasteiger partial charge in [0.1, 0.15) is 5.84 Å². The molecule has 0 aromatic rings. The van der Waals surface area contributed by atoms with Gasteiger partial charge in [-0.05, 0) is 50.5 Å². The highest BCUT2D eigenvalue weighted by atomic mass is 15.1. The van der Waals surface area contributed by atoms with Gasteiger partial charge in [-0.15, -0.1) is 0 Å². The lowest BCUT2D eigenvalue weighted by Gasteiger charge is -2.29. The Morgan fingerprint density at radius 1 is 1.44 bits per heavy atom. The summed E-state index contributed by atoms with van der Waals surface area (Å²) in [6.45, 7) is 14.8. The van der Waals surface area contributed by atoms with Gasteiger partial charge in [-0.2, -0.15) is 5.26 Å². The Kier molecular flexibility index (Phi) is 12.2. The minimum Gasteiger partial charge on any atom is -0.372 e. The van der Waals surface area contributed by atoms with Crippen molar-refractivity contribution < 1.29 is 0 Å². The molecule has 1 rings (SSSR count). The number of aliphatic imine (C=N–C) groups is 1. The average molecular weight is 432 g/mol. The van der Waals surface area contributed by atoms with Crippen LogP contribution in [0.3, 0.4) is 0 Å². The van der Waals surface area contributed by atoms with Crippen molar-refractivity contribution in [3.05, 3.63) is 96.0 Å². The Bertz CT molecular complexity index is 916. The van der Waals surface area contributed by atoms with Crippen LogP contribution in [0.4, 0.5) is 0 Å². The van der Waals surface area contributed by atoms with E-state index >= 15 is 0 Å². The fraction of sp³-hybridized carbons (Fsp3) is 0.333. The molecule has 0 bridgehead atoms. The first-order chi connectivity index (χ1) is 15.4. The Labute approximate surface area is 194 Å². The Balaban J connectivity index is 3.10. The van der Waals surface area contributed by atoms with Gasteiger partial charge in [0.15, 0.2) is 0 Å². The lowest BCUT2D eigenvalue weighted by atomic mass is 10.0. The number of hydrogen-bond donors (Lipinski definition) is 2. The van der Waals surface area contributed by atoms with Crippen LogP contribution in [0.25, 0.3) is 0 Å². The van der Waals surface area contributed by atoms with Crippen molar-refractivity contribution in [2.24, 2.45) is 10.7 Å². The average Bonchev–Trinajstić information content (AvgIpc) is 2.78. The number of amidine groups is 1. The zero-order valence-corrected chi connectivity index (χ0v) is 19.9. The normalized spacial score (nSPS) is 17.8. The fourth-order valence-corrected chi connectivity index (χ4v) is 3.07. The summed E-state index contributed by atoms with van der Waals surface area (Å²) in [7, 11) is 2.10. The van der Waals surface area contributed by atoms with Crippen molar-refractivity contribution in [1.29, 1.82) is 5.26 Å². The molecule has 0 radical (unpaired) electrons. The van der Waals surface area contributed by atoms with Crippen LogP contribution in [0.15, 0.2) is 101 Å². The van der Waals surface area contributed by atoms with E-state index in [0.717, 1.165) is 24.1 Å². The molecule has 0 saturated heterocycles. The molecule has 32 heavy (non-hydrogen) atoms. The molecule has 0 saturated carbocycles. The highest BCUT2D eigenvalue weighted by Gasteiger charge is 2.13. The third-order valence-electron chi connectivity index (χ3n) is 5.06. The van der Waals surface area contributed by atoms with Gasteiger partial charge >= 0.3 is 0 Å². The molecule has 170 valence electrons. The first-order valence-corrected chi connectivity index (χ1v) is 10.9. The van der Waals surface area contributed by atoms with E-state index in [2.05, 4.69) is 74.6 Å². The van der Waals surface area contributed by atoms with Crippen molar-refractivity contribution in [2.75, 3.05) is 20.1 Å². The van der Waals surface area contributed by atoms with Gasteiger partial charge in [-0.1, -0.05) is 62.1 Å². The molecule has 0 spiro atoms. The molecule has 0 amide bonds. The predicted molar refractivity (Wildman–Crippen MR) is 138 cm³/mol. The van der Waals surface area contributed by atoms with Crippen molar-refractivity contribution in [3.63, 3.8) is 0 Å². The Morgan fingerprint density at radius 3 is 2.78 bits per heavy atom. The number of rotatable bonds is 10. The lowest BCUT2D eigenvalue weighted by molar-refractivity contribution is 0.345. The van der Waals surface area contributed by atoms with Crippen LogP contribution in [0.2, 0.25) is 0 Å². The van der Waals surface area contributed by atoms with Crippen LogP contribution >= 0.6 is 0 Å². The van der Waals surface area contributed by atoms with E-state index in [0.29, 0.717) is 23.7 Å². The van der Waals surface area contributed by atoms with Crippen LogP contribution in [-0.2, 0) is 0 Å². The van der Waals surface area contributed by atoms with E-state index in [1.165, 1.54) is 5.57 Å². The predicted octanol–water partition coefficient (Wildman–Crippen LogP) is 5.09. The minimum absolute atomic E-state index is 0.174. The highest BCUT2D eigenvalue weighted by Crippen LogP contribution is 2.19. The van der Waals surface area contributed by atoms with E-state index in [1.54, 1.807) is 18.2 Å². The van der Waals surface area contributed by atoms with Gasteiger partial charge in [0.05, 0.1) is 18.7 Å². The van der Waals surface area contributed by atoms with Gasteiger partial charge in [-0.3, -0.25) is 4.99 Å². The fourth-order valence-electron chi connectivity index (χ4n) is 3.07. The topological polar surface area (TPSA) is 77.4 Å². The summed E-state index contributed by atoms with van der Waals surface area (Å²) in [5, 5.41) is 12.5. The smallest absolute Gasteiger partial charge is 0.125 e. The maximum Gasteiger partial charge on any atom is 0.125 e. The van der Waals surface area contributed by atoms with Crippen LogP contribution in [0, 0.1) is 11.3 Å². The molecular formula is C27H37N5. The Morgan fingerprint density at radius 2 is 2.19 bits per heavy atom. The summed E-state index contributed by atoms with van der Waals surface area (Å²) in [5.74, 6) is 0.697. The SMILES string of the molecule is C=C/C=C(\C=C(\C#N)CN)NC(/C=C/C)=NCC1=CCC(N(C)C(=C)CC)C=C(C)C=C1. The van der Waals surface area contributed by atoms with Gasteiger partial charge in [0, 0.05) is 30.6 Å². The van der Waals surface area contributed by atoms with Crippen LogP contribution < -0.4 is 11.1 Å². The van der Waals surface area contributed by atoms with Crippen LogP contribution in [0.5, 0.6) is 0 Å². The summed E-state index contributed by atoms with van der Waals surface area (Å²) in [6, 6.07) is 2.37. The van der Waals surface area contributed by atoms with Crippen LogP contribution in [0.1, 0.15) is 33.6 Å². The van der Waals surface area contributed by atoms with E-state index < -0.39 is 0 Å². The molecule has 5 nitrogen and oxygen atoms in total. The van der Waals surface area contributed by atoms with Crippen molar-refractivity contribution in [1.82, 2.24) is 10.2 Å². The zero-order chi connectivity index (χ0) is 23.9. The number of nitrogens with one attached hydrogen (secondary N) is 1. The maximum absolute atomic E-state index is 9.18. The number of hydrogen-bond acceptors (Lipinski definition) is 4. The number of allylic oxidation sites excluding steroid dienone is 7. The van der Waals surface area contributed by atoms with E-state index in [4.69, 9.17) is 10.7 Å². The van der Waals surface area contributed by atoms with Crippen molar-refractivity contribution in [2.45, 2.75) is 39.7 Å². The maximum atomic E-state index is 9.18. The van der Waals surface area contributed by atoms with E-state index in [9.17, 15) is 5.26 Å². The van der Waals surface area contributed by atoms with Gasteiger partial charge in [-0.25, -0.2) is 0 Å². The second-order valence-electron chi connectivity index (χ2n) is 7.53. The molecule has 0 heterocycles. The Hall–Kier alpha value is -3.36. The van der Waals surface area contributed by atoms with Gasteiger partial charge < -0.3 is 16.0 Å². The molecular weight excluding hydrogens is 394 g/mol. The van der Waals surface area contributed by atoms with Crippen molar-refractivity contribution >= 4 is 5.84 Å². The third kappa shape index (κ3) is 9.20. The van der Waals surface area contributed by atoms with E-state index in [-0.39, 0.29) is 12.6 Å². The molecule has 0 aromatic carbocycles. The number of likely N-dealkylation sites (N-methyl/N-ethyl adjacent to an activating group) is 1. The van der Waals surface area contributed by atoms with Crippen LogP contribution in [-0.4, -0.2) is 36.9 Å². The minimum atomic E-state index is 0.174. The van der Waals surface area contributed by atoms with Gasteiger partial charge in [0.2, 0.25) is 0 Å². The second kappa shape index (κ2) is 14.6. The molecule has 0 fully saturated rings. The van der Waals surface area contributed by atoms with E-state index in [1.807, 2.05) is 19.1 Å². The molecule has 0 aromatic heterocycles. The molecule has 1 aliphatic carbocycles. The first-order valence-electron chi connectivity index (χ1n) is 10.9. The highest BCUT2D eigenvalue weighted by molar-refractivity contribution is 5.94. The number of nitrogens with two attached hydrogens (primary N) is 1. The second-order valence-corrected chi connectivity index (χ2v) is 7.53. The summed E-state index contributed by atoms with van der Waals surface area (Å²) >= 11 is 0. The first kappa shape index (κ1) is 26.7. The monoisotopic (exact) mass is 431 g/mol. The summed E-state index contributed by atoms with van der Waals surface area (Å²) in [6.07, 6.45) is 19.6. The zero-order valence-electron chi connectivity index (χ0n) is 19.9. The molecule has 3 N–H and O–H groups in total. The summed E-state index contributed by atoms with van der Waals surface area (Å²) in [5.41, 5.74) is 10.3. The standard InChI is InChI=1S/C27H37N5/c1-7-10-25(17-24(18-28)19-29)31-27(11-8-2)30-20-23-13-12-21(4)16-26(15-14-23)32(6)22(5)9-3/h7-8,10-14,16-17,26H,1,5,9,15,18,20,28H2,2-4,6H3,(H,30,31)/b11-8+,13-12?,21-16?,23-14?,24-17+,25-10+. The molecule has 1 unspecified atom stereocenters. The summed E-state index contributed by atoms with van der Waals surface area (Å²) < 4.78 is 0. The largest absolute Gasteiger partial charge is 0.372 e. The lowest BCUT2D eigenvalue weighted by Crippen LogP contribution is -2.29. The summed E-state index contributed by atoms with van der Waals surface area (Å²) in [4.78, 5) is 7.01. The molecule has 1 atom stereocenters. The quantitative estimate of drug-likeness (QED) is 0.219. The third-order valence-corrected chi connectivity index (χ3v) is 5.06. The molecule has 1 aliphatic rings. The number of nitrogens with zero attached hydrogens (tertiary/aromatic N) is 3.